The van der Waals surface area contributed by atoms with Gasteiger partial charge >= 0.3 is 0 Å². The first-order valence-electron chi connectivity index (χ1n) is 12.9. The van der Waals surface area contributed by atoms with Crippen molar-refractivity contribution in [3.05, 3.63) is 115 Å². The van der Waals surface area contributed by atoms with Gasteiger partial charge in [0.05, 0.1) is 51.8 Å². The first-order chi connectivity index (χ1) is 20.9. The van der Waals surface area contributed by atoms with Crippen molar-refractivity contribution >= 4 is 62.9 Å². The standard InChI is InChI=1S/C32H22Cl3N3O5/c1-40-26-8-5-9-27-21(26)15-29(43-27)31-37-25-7-4-3-6-20(25)32(39)38(31)36-16-19-13-24(35)30(28(14-19)41-2)42-17-18-10-11-22(33)23(34)12-18/h3-16H,17H2,1-2H3. The van der Waals surface area contributed by atoms with Gasteiger partial charge in [0.15, 0.2) is 17.3 Å². The number of benzene rings is 4. The van der Waals surface area contributed by atoms with Crippen LogP contribution in [0.15, 0.2) is 93.2 Å². The zero-order valence-corrected chi connectivity index (χ0v) is 25.1. The summed E-state index contributed by atoms with van der Waals surface area (Å²) in [6.45, 7) is 0.185. The van der Waals surface area contributed by atoms with Crippen molar-refractivity contribution in [3.63, 3.8) is 0 Å². The molecule has 0 atom stereocenters. The quantitative estimate of drug-likeness (QED) is 0.157. The van der Waals surface area contributed by atoms with Crippen LogP contribution in [0.5, 0.6) is 17.2 Å². The van der Waals surface area contributed by atoms with E-state index in [1.54, 1.807) is 61.7 Å². The fraction of sp³-hybridized carbons (Fsp3) is 0.0938. The van der Waals surface area contributed by atoms with Gasteiger partial charge in [-0.3, -0.25) is 4.79 Å². The molecule has 43 heavy (non-hydrogen) atoms. The molecule has 0 aliphatic carbocycles. The van der Waals surface area contributed by atoms with Crippen LogP contribution in [0.3, 0.4) is 0 Å². The molecule has 0 unspecified atom stereocenters. The minimum atomic E-state index is -0.371. The summed E-state index contributed by atoms with van der Waals surface area (Å²) in [6.07, 6.45) is 1.49. The predicted molar refractivity (Wildman–Crippen MR) is 170 cm³/mol. The van der Waals surface area contributed by atoms with Gasteiger partial charge in [-0.1, -0.05) is 59.1 Å². The topological polar surface area (TPSA) is 88.1 Å². The van der Waals surface area contributed by atoms with Crippen LogP contribution < -0.4 is 19.8 Å². The Labute approximate surface area is 260 Å². The van der Waals surface area contributed by atoms with Gasteiger partial charge in [0.1, 0.15) is 17.9 Å². The zero-order chi connectivity index (χ0) is 30.1. The third-order valence-electron chi connectivity index (χ3n) is 6.66. The van der Waals surface area contributed by atoms with E-state index in [0.29, 0.717) is 55.1 Å². The first kappa shape index (κ1) is 28.6. The number of nitrogens with zero attached hydrogens (tertiary/aromatic N) is 3. The van der Waals surface area contributed by atoms with Gasteiger partial charge in [-0.2, -0.15) is 9.78 Å². The van der Waals surface area contributed by atoms with Crippen molar-refractivity contribution in [3.8, 4) is 28.8 Å². The summed E-state index contributed by atoms with van der Waals surface area (Å²) in [5.74, 6) is 1.92. The molecule has 0 radical (unpaired) electrons. The summed E-state index contributed by atoms with van der Waals surface area (Å²) < 4.78 is 24.3. The molecule has 6 rings (SSSR count). The Hall–Kier alpha value is -4.50. The van der Waals surface area contributed by atoms with Gasteiger partial charge in [0.2, 0.25) is 5.82 Å². The summed E-state index contributed by atoms with van der Waals surface area (Å²) >= 11 is 18.7. The van der Waals surface area contributed by atoms with Gasteiger partial charge < -0.3 is 18.6 Å². The van der Waals surface area contributed by atoms with E-state index in [4.69, 9.17) is 58.4 Å². The molecule has 0 bridgehead atoms. The van der Waals surface area contributed by atoms with Crippen LogP contribution in [0.1, 0.15) is 11.1 Å². The molecule has 0 spiro atoms. The average molecular weight is 635 g/mol. The largest absolute Gasteiger partial charge is 0.496 e. The molecule has 11 heteroatoms. The molecular formula is C32H22Cl3N3O5. The second-order valence-electron chi connectivity index (χ2n) is 9.37. The molecule has 4 aromatic carbocycles. The van der Waals surface area contributed by atoms with Gasteiger partial charge in [-0.05, 0) is 65.7 Å². The number of ether oxygens (including phenoxy) is 3. The highest BCUT2D eigenvalue weighted by molar-refractivity contribution is 6.42. The monoisotopic (exact) mass is 633 g/mol. The lowest BCUT2D eigenvalue weighted by molar-refractivity contribution is 0.284. The van der Waals surface area contributed by atoms with E-state index in [1.165, 1.54) is 18.0 Å². The van der Waals surface area contributed by atoms with Crippen LogP contribution in [0.25, 0.3) is 33.5 Å². The molecule has 0 saturated carbocycles. The first-order valence-corrected chi connectivity index (χ1v) is 14.1. The molecule has 8 nitrogen and oxygen atoms in total. The van der Waals surface area contributed by atoms with Crippen LogP contribution in [-0.4, -0.2) is 30.1 Å². The number of fused-ring (bicyclic) bond motifs is 2. The van der Waals surface area contributed by atoms with Gasteiger partial charge in [0, 0.05) is 0 Å². The van der Waals surface area contributed by atoms with Crippen molar-refractivity contribution in [2.24, 2.45) is 5.10 Å². The third-order valence-corrected chi connectivity index (χ3v) is 7.68. The van der Waals surface area contributed by atoms with Crippen molar-refractivity contribution < 1.29 is 18.6 Å². The molecule has 0 aliphatic heterocycles. The highest BCUT2D eigenvalue weighted by Crippen LogP contribution is 2.37. The Balaban J connectivity index is 1.39. The van der Waals surface area contributed by atoms with Gasteiger partial charge in [-0.25, -0.2) is 4.98 Å². The highest BCUT2D eigenvalue weighted by atomic mass is 35.5. The number of hydrogen-bond acceptors (Lipinski definition) is 7. The number of para-hydroxylation sites is 1. The molecule has 216 valence electrons. The lowest BCUT2D eigenvalue weighted by Crippen LogP contribution is -2.20. The number of halogens is 3. The fourth-order valence-electron chi connectivity index (χ4n) is 4.58. The molecular weight excluding hydrogens is 613 g/mol. The van der Waals surface area contributed by atoms with E-state index >= 15 is 0 Å². The maximum atomic E-state index is 13.6. The lowest BCUT2D eigenvalue weighted by atomic mass is 10.2. The molecule has 0 N–H and O–H groups in total. The highest BCUT2D eigenvalue weighted by Gasteiger charge is 2.18. The molecule has 0 amide bonds. The van der Waals surface area contributed by atoms with Crippen molar-refractivity contribution in [1.82, 2.24) is 9.66 Å². The van der Waals surface area contributed by atoms with Crippen LogP contribution >= 0.6 is 34.8 Å². The average Bonchev–Trinajstić information content (AvgIpc) is 3.46. The molecule has 2 heterocycles. The number of furan rings is 1. The van der Waals surface area contributed by atoms with Crippen molar-refractivity contribution in [1.29, 1.82) is 0 Å². The Bertz CT molecular complexity index is 2090. The van der Waals surface area contributed by atoms with E-state index in [2.05, 4.69) is 5.10 Å². The number of aromatic nitrogens is 2. The maximum Gasteiger partial charge on any atom is 0.282 e. The minimum absolute atomic E-state index is 0.185. The van der Waals surface area contributed by atoms with Crippen LogP contribution in [-0.2, 0) is 6.61 Å². The lowest BCUT2D eigenvalue weighted by Gasteiger charge is -2.14. The van der Waals surface area contributed by atoms with E-state index < -0.39 is 0 Å². The van der Waals surface area contributed by atoms with Crippen molar-refractivity contribution in [2.75, 3.05) is 14.2 Å². The van der Waals surface area contributed by atoms with Gasteiger partial charge in [0.25, 0.3) is 5.56 Å². The maximum absolute atomic E-state index is 13.6. The minimum Gasteiger partial charge on any atom is -0.496 e. The Morgan fingerprint density at radius 3 is 2.47 bits per heavy atom. The number of methoxy groups -OCH3 is 2. The second-order valence-corrected chi connectivity index (χ2v) is 10.6. The number of hydrogen-bond donors (Lipinski definition) is 0. The van der Waals surface area contributed by atoms with Crippen molar-refractivity contribution in [2.45, 2.75) is 6.61 Å². The fourth-order valence-corrected chi connectivity index (χ4v) is 5.17. The van der Waals surface area contributed by atoms with Crippen LogP contribution in [0.2, 0.25) is 15.1 Å². The summed E-state index contributed by atoms with van der Waals surface area (Å²) in [4.78, 5) is 18.4. The van der Waals surface area contributed by atoms with Crippen LogP contribution in [0, 0.1) is 0 Å². The second kappa shape index (κ2) is 12.0. The molecule has 6 aromatic rings. The molecule has 0 fully saturated rings. The predicted octanol–water partition coefficient (Wildman–Crippen LogP) is 8.25. The van der Waals surface area contributed by atoms with E-state index in [9.17, 15) is 4.79 Å². The SMILES string of the molecule is COc1cc(C=Nn2c(-c3cc4c(OC)cccc4o3)nc3ccccc3c2=O)cc(Cl)c1OCc1ccc(Cl)c(Cl)c1. The normalized spacial score (nSPS) is 11.5. The van der Waals surface area contributed by atoms with Crippen LogP contribution in [0.4, 0.5) is 0 Å². The zero-order valence-electron chi connectivity index (χ0n) is 22.8. The third kappa shape index (κ3) is 5.64. The van der Waals surface area contributed by atoms with Gasteiger partial charge in [-0.15, -0.1) is 0 Å². The molecule has 2 aromatic heterocycles. The van der Waals surface area contributed by atoms with E-state index in [-0.39, 0.29) is 23.0 Å². The summed E-state index contributed by atoms with van der Waals surface area (Å²) in [7, 11) is 3.09. The van der Waals surface area contributed by atoms with E-state index in [0.717, 1.165) is 10.9 Å². The van der Waals surface area contributed by atoms with E-state index in [1.807, 2.05) is 24.3 Å². The Morgan fingerprint density at radius 1 is 0.860 bits per heavy atom. The molecule has 0 saturated heterocycles. The summed E-state index contributed by atoms with van der Waals surface area (Å²) in [6, 6.07) is 22.9. The Kier molecular flexibility index (Phi) is 7.99. The summed E-state index contributed by atoms with van der Waals surface area (Å²) in [5, 5.41) is 6.82. The summed E-state index contributed by atoms with van der Waals surface area (Å²) in [5.41, 5.74) is 2.08. The molecule has 0 aliphatic rings. The smallest absolute Gasteiger partial charge is 0.282 e. The Morgan fingerprint density at radius 2 is 1.67 bits per heavy atom. The number of rotatable bonds is 8.